The van der Waals surface area contributed by atoms with Crippen molar-refractivity contribution in [3.8, 4) is 12.0 Å². The van der Waals surface area contributed by atoms with Crippen molar-refractivity contribution in [2.75, 3.05) is 0 Å². The second kappa shape index (κ2) is 4.99. The number of hydrogen-bond donors (Lipinski definition) is 0. The molecular formula is C6H4N6O3P+. The van der Waals surface area contributed by atoms with E-state index in [-0.39, 0.29) is 12.0 Å². The smallest absolute Gasteiger partial charge is 0.225 e. The van der Waals surface area contributed by atoms with Gasteiger partial charge in [-0.2, -0.15) is 29.0 Å². The molecule has 0 N–H and O–H groups in total. The summed E-state index contributed by atoms with van der Waals surface area (Å²) in [5.74, 6) is 0. The summed E-state index contributed by atoms with van der Waals surface area (Å²) in [6, 6.07) is -0.213. The van der Waals surface area contributed by atoms with Crippen molar-refractivity contribution in [1.29, 1.82) is 0 Å². The van der Waals surface area contributed by atoms with Gasteiger partial charge in [0, 0.05) is 4.57 Å². The molecule has 0 unspecified atom stereocenters. The fourth-order valence-corrected chi connectivity index (χ4v) is 1.20. The quantitative estimate of drug-likeness (QED) is 0.688. The van der Waals surface area contributed by atoms with Crippen LogP contribution < -0.4 is 9.05 Å². The summed E-state index contributed by atoms with van der Waals surface area (Å²) in [6.07, 6.45) is 4.81. The molecule has 0 fully saturated rings. The molecule has 0 bridgehead atoms. The molecule has 16 heavy (non-hydrogen) atoms. The highest BCUT2D eigenvalue weighted by molar-refractivity contribution is 7.34. The first kappa shape index (κ1) is 10.2. The molecule has 0 aliphatic heterocycles. The molecule has 9 nitrogen and oxygen atoms in total. The molecule has 2 heterocycles. The molecule has 0 atom stereocenters. The molecule has 2 aromatic rings. The minimum Gasteiger partial charge on any atom is -0.225 e. The Morgan fingerprint density at radius 3 is 1.56 bits per heavy atom. The van der Waals surface area contributed by atoms with E-state index in [0.29, 0.717) is 0 Å². The maximum Gasteiger partial charge on any atom is 0.812 e. The van der Waals surface area contributed by atoms with Gasteiger partial charge in [-0.25, -0.2) is 9.97 Å². The zero-order valence-corrected chi connectivity index (χ0v) is 8.56. The summed E-state index contributed by atoms with van der Waals surface area (Å²) >= 11 is 0. The minimum absolute atomic E-state index is 0.106. The molecule has 0 saturated heterocycles. The van der Waals surface area contributed by atoms with E-state index in [9.17, 15) is 4.57 Å². The lowest BCUT2D eigenvalue weighted by atomic mass is 11.0. The number of hydrogen-bond acceptors (Lipinski definition) is 9. The third-order valence-corrected chi connectivity index (χ3v) is 1.88. The van der Waals surface area contributed by atoms with Crippen LogP contribution in [0.25, 0.3) is 0 Å². The summed E-state index contributed by atoms with van der Waals surface area (Å²) in [6.45, 7) is 0. The fraction of sp³-hybridized carbons (Fsp3) is 0. The van der Waals surface area contributed by atoms with Gasteiger partial charge in [-0.15, -0.1) is 0 Å². The molecular weight excluding hydrogens is 235 g/mol. The van der Waals surface area contributed by atoms with E-state index in [4.69, 9.17) is 9.05 Å². The van der Waals surface area contributed by atoms with Crippen molar-refractivity contribution in [3.05, 3.63) is 25.3 Å². The van der Waals surface area contributed by atoms with Crippen molar-refractivity contribution < 1.29 is 13.6 Å². The van der Waals surface area contributed by atoms with Gasteiger partial charge in [0.1, 0.15) is 25.3 Å². The van der Waals surface area contributed by atoms with Crippen LogP contribution >= 0.6 is 8.25 Å². The molecule has 0 radical (unpaired) electrons. The molecule has 0 aromatic carbocycles. The van der Waals surface area contributed by atoms with Crippen molar-refractivity contribution in [2.45, 2.75) is 0 Å². The lowest BCUT2D eigenvalue weighted by Gasteiger charge is -1.89. The monoisotopic (exact) mass is 239 g/mol. The maximum atomic E-state index is 11.3. The molecule has 80 valence electrons. The molecule has 2 rings (SSSR count). The number of rotatable bonds is 4. The highest BCUT2D eigenvalue weighted by Gasteiger charge is 2.27. The summed E-state index contributed by atoms with van der Waals surface area (Å²) in [7, 11) is -2.49. The Balaban J connectivity index is 1.95. The van der Waals surface area contributed by atoms with E-state index < -0.39 is 8.25 Å². The minimum atomic E-state index is -2.49. The van der Waals surface area contributed by atoms with Gasteiger partial charge < -0.3 is 0 Å². The Morgan fingerprint density at radius 2 is 1.19 bits per heavy atom. The third kappa shape index (κ3) is 2.85. The van der Waals surface area contributed by atoms with E-state index in [1.54, 1.807) is 0 Å². The van der Waals surface area contributed by atoms with Gasteiger partial charge in [0.2, 0.25) is 0 Å². The zero-order chi connectivity index (χ0) is 11.2. The van der Waals surface area contributed by atoms with Crippen molar-refractivity contribution in [3.63, 3.8) is 0 Å². The van der Waals surface area contributed by atoms with Crippen LogP contribution in [0.5, 0.6) is 12.0 Å². The van der Waals surface area contributed by atoms with Crippen LogP contribution in [0.1, 0.15) is 0 Å². The standard InChI is InChI=1S/C6H4N6O3P/c13-16(14-5-9-1-7-2-10-5)15-6-11-3-8-4-12-6/h1-4H/q+1. The van der Waals surface area contributed by atoms with Crippen LogP contribution in [0.2, 0.25) is 0 Å². The van der Waals surface area contributed by atoms with Crippen LogP contribution in [0.3, 0.4) is 0 Å². The van der Waals surface area contributed by atoms with Crippen molar-refractivity contribution >= 4 is 8.25 Å². The molecule has 0 aliphatic carbocycles. The summed E-state index contributed by atoms with van der Waals surface area (Å²) in [4.78, 5) is 21.5. The lowest BCUT2D eigenvalue weighted by molar-refractivity contribution is 0.387. The van der Waals surface area contributed by atoms with Gasteiger partial charge in [-0.05, 0) is 0 Å². The predicted molar refractivity (Wildman–Crippen MR) is 48.5 cm³/mol. The van der Waals surface area contributed by atoms with Gasteiger partial charge in [0.05, 0.1) is 0 Å². The topological polar surface area (TPSA) is 113 Å². The highest BCUT2D eigenvalue weighted by Crippen LogP contribution is 2.24. The highest BCUT2D eigenvalue weighted by atomic mass is 31.1. The van der Waals surface area contributed by atoms with Crippen LogP contribution in [-0.2, 0) is 4.57 Å². The first-order valence-electron chi connectivity index (χ1n) is 3.92. The van der Waals surface area contributed by atoms with E-state index in [1.807, 2.05) is 0 Å². The third-order valence-electron chi connectivity index (χ3n) is 1.25. The van der Waals surface area contributed by atoms with Crippen molar-refractivity contribution in [2.24, 2.45) is 0 Å². The Bertz CT molecular complexity index is 425. The van der Waals surface area contributed by atoms with Gasteiger partial charge in [-0.3, -0.25) is 0 Å². The summed E-state index contributed by atoms with van der Waals surface area (Å²) in [5, 5.41) is 0. The Morgan fingerprint density at radius 1 is 0.812 bits per heavy atom. The van der Waals surface area contributed by atoms with Crippen molar-refractivity contribution in [1.82, 2.24) is 29.9 Å². The fourth-order valence-electron chi connectivity index (χ4n) is 0.703. The maximum absolute atomic E-state index is 11.3. The van der Waals surface area contributed by atoms with Crippen LogP contribution in [0, 0.1) is 0 Å². The van der Waals surface area contributed by atoms with E-state index >= 15 is 0 Å². The van der Waals surface area contributed by atoms with E-state index in [0.717, 1.165) is 0 Å². The number of nitrogens with zero attached hydrogens (tertiary/aromatic N) is 6. The first-order valence-corrected chi connectivity index (χ1v) is 5.01. The SMILES string of the molecule is O=[P+](Oc1ncncn1)Oc1ncncn1. The molecule has 0 spiro atoms. The Labute approximate surface area is 89.9 Å². The molecule has 0 aliphatic rings. The van der Waals surface area contributed by atoms with Gasteiger partial charge in [0.25, 0.3) is 0 Å². The lowest BCUT2D eigenvalue weighted by Crippen LogP contribution is -1.96. The van der Waals surface area contributed by atoms with Crippen LogP contribution in [-0.4, -0.2) is 29.9 Å². The zero-order valence-electron chi connectivity index (χ0n) is 7.66. The number of aromatic nitrogens is 6. The van der Waals surface area contributed by atoms with Gasteiger partial charge >= 0.3 is 20.3 Å². The van der Waals surface area contributed by atoms with E-state index in [2.05, 4.69) is 29.9 Å². The van der Waals surface area contributed by atoms with Crippen LogP contribution in [0.4, 0.5) is 0 Å². The molecule has 0 amide bonds. The predicted octanol–water partition coefficient (Wildman–Crippen LogP) is 0.172. The van der Waals surface area contributed by atoms with Gasteiger partial charge in [0.15, 0.2) is 0 Å². The average Bonchev–Trinajstić information content (AvgIpc) is 2.31. The normalized spacial score (nSPS) is 9.50. The Kier molecular flexibility index (Phi) is 3.19. The first-order chi connectivity index (χ1) is 7.84. The second-order valence-electron chi connectivity index (χ2n) is 2.25. The summed E-state index contributed by atoms with van der Waals surface area (Å²) in [5.41, 5.74) is 0. The molecule has 0 saturated carbocycles. The van der Waals surface area contributed by atoms with E-state index in [1.165, 1.54) is 25.3 Å². The largest absolute Gasteiger partial charge is 0.812 e. The van der Waals surface area contributed by atoms with Gasteiger partial charge in [-0.1, -0.05) is 0 Å². The summed E-state index contributed by atoms with van der Waals surface area (Å²) < 4.78 is 20.8. The second-order valence-corrected chi connectivity index (χ2v) is 3.06. The Hall–Kier alpha value is -2.28. The average molecular weight is 239 g/mol. The van der Waals surface area contributed by atoms with Crippen LogP contribution in [0.15, 0.2) is 25.3 Å². The molecule has 10 heteroatoms. The molecule has 2 aromatic heterocycles.